The van der Waals surface area contributed by atoms with Crippen molar-refractivity contribution < 1.29 is 6.17 Å². The number of hydrogen-bond donors (Lipinski definition) is 0. The largest absolute Gasteiger partial charge is 0.293 e. The number of hydrogen-bond acceptors (Lipinski definition) is 2. The third-order valence-corrected chi connectivity index (χ3v) is 0.659. The maximum absolute atomic E-state index is 10.4. The molecule has 0 aromatic rings. The van der Waals surface area contributed by atoms with Crippen molar-refractivity contribution in [1.82, 2.24) is 0 Å². The van der Waals surface area contributed by atoms with Gasteiger partial charge in [-0.2, -0.15) is 0 Å². The van der Waals surface area contributed by atoms with E-state index < -0.39 is 0 Å². The van der Waals surface area contributed by atoms with E-state index in [2.05, 4.69) is 4.99 Å². The van der Waals surface area contributed by atoms with E-state index in [1.165, 1.54) is 12.3 Å². The molecule has 1 aliphatic rings. The maximum Gasteiger partial charge on any atom is 0.177 e. The molecule has 0 amide bonds. The Hall–Kier alpha value is -0.920. The number of carbonyl (C=O) groups is 1. The quantitative estimate of drug-likeness (QED) is 0.423. The second-order valence-electron chi connectivity index (χ2n) is 1.22. The highest BCUT2D eigenvalue weighted by atomic mass is 16.1. The summed E-state index contributed by atoms with van der Waals surface area (Å²) in [7, 11) is 0. The molecule has 0 unspecified atom stereocenters. The molecule has 7 heavy (non-hydrogen) atoms. The first-order valence-electron chi connectivity index (χ1n) is 2.50. The van der Waals surface area contributed by atoms with Gasteiger partial charge >= 0.3 is 0 Å². The van der Waals surface area contributed by atoms with Crippen molar-refractivity contribution in [2.24, 2.45) is 4.99 Å². The molecule has 36 valence electrons. The fourth-order valence-corrected chi connectivity index (χ4v) is 0.364. The van der Waals surface area contributed by atoms with Crippen molar-refractivity contribution in [3.05, 3.63) is 12.1 Å². The molecule has 0 atom stereocenters. The lowest BCUT2D eigenvalue weighted by Crippen LogP contribution is -2.00. The van der Waals surface area contributed by atoms with Gasteiger partial charge in [-0.05, 0) is 12.1 Å². The van der Waals surface area contributed by atoms with E-state index in [4.69, 9.17) is 1.37 Å². The summed E-state index contributed by atoms with van der Waals surface area (Å²) >= 11 is 0. The number of rotatable bonds is 0. The van der Waals surface area contributed by atoms with E-state index in [0.717, 1.165) is 0 Å². The van der Waals surface area contributed by atoms with Gasteiger partial charge in [0.2, 0.25) is 0 Å². The van der Waals surface area contributed by atoms with Gasteiger partial charge in [-0.3, -0.25) is 9.79 Å². The average molecular weight is 96.1 g/mol. The van der Waals surface area contributed by atoms with Gasteiger partial charge in [-0.25, -0.2) is 0 Å². The predicted octanol–water partition coefficient (Wildman–Crippen LogP) is 0.196. The molecule has 0 spiro atoms. The Morgan fingerprint density at radius 2 is 2.86 bits per heavy atom. The minimum Gasteiger partial charge on any atom is -0.293 e. The second kappa shape index (κ2) is 1.69. The number of nitrogens with zero attached hydrogens (tertiary/aromatic N) is 1. The SMILES string of the molecule is [2H]C1=CC=NCC1=O. The lowest BCUT2D eigenvalue weighted by atomic mass is 10.3. The van der Waals surface area contributed by atoms with E-state index >= 15 is 0 Å². The van der Waals surface area contributed by atoms with E-state index in [1.54, 1.807) is 0 Å². The number of ketones is 1. The van der Waals surface area contributed by atoms with E-state index in [-0.39, 0.29) is 18.4 Å². The number of allylic oxidation sites excluding steroid dienone is 1. The van der Waals surface area contributed by atoms with E-state index in [0.29, 0.717) is 0 Å². The highest BCUT2D eigenvalue weighted by Crippen LogP contribution is 1.82. The van der Waals surface area contributed by atoms with Crippen LogP contribution in [0.1, 0.15) is 1.37 Å². The van der Waals surface area contributed by atoms with Crippen molar-refractivity contribution in [2.45, 2.75) is 0 Å². The van der Waals surface area contributed by atoms with Crippen LogP contribution in [-0.4, -0.2) is 18.5 Å². The Kier molecular flexibility index (Phi) is 0.754. The molecule has 0 aromatic carbocycles. The minimum atomic E-state index is -0.201. The van der Waals surface area contributed by atoms with Crippen LogP contribution in [0.2, 0.25) is 0 Å². The Morgan fingerprint density at radius 1 is 2.00 bits per heavy atom. The molecule has 0 aliphatic carbocycles. The van der Waals surface area contributed by atoms with Crippen molar-refractivity contribution in [1.29, 1.82) is 0 Å². The monoisotopic (exact) mass is 96.0 g/mol. The highest BCUT2D eigenvalue weighted by molar-refractivity contribution is 5.98. The summed E-state index contributed by atoms with van der Waals surface area (Å²) < 4.78 is 6.90. The summed E-state index contributed by atoms with van der Waals surface area (Å²) in [6.07, 6.45) is 2.87. The molecule has 0 saturated heterocycles. The lowest BCUT2D eigenvalue weighted by Gasteiger charge is -1.88. The predicted molar refractivity (Wildman–Crippen MR) is 27.5 cm³/mol. The summed E-state index contributed by atoms with van der Waals surface area (Å²) in [5.41, 5.74) is 0. The van der Waals surface area contributed by atoms with Crippen LogP contribution in [0.25, 0.3) is 0 Å². The maximum atomic E-state index is 10.4. The number of carbonyl (C=O) groups excluding carboxylic acids is 1. The molecule has 2 nitrogen and oxygen atoms in total. The van der Waals surface area contributed by atoms with Gasteiger partial charge in [0.05, 0.1) is 1.37 Å². The first-order valence-corrected chi connectivity index (χ1v) is 2.00. The van der Waals surface area contributed by atoms with Crippen molar-refractivity contribution >= 4 is 12.0 Å². The fraction of sp³-hybridized carbons (Fsp3) is 0.200. The zero-order valence-corrected chi connectivity index (χ0v) is 3.72. The van der Waals surface area contributed by atoms with Crippen LogP contribution >= 0.6 is 0 Å². The molecule has 0 bridgehead atoms. The van der Waals surface area contributed by atoms with Crippen LogP contribution in [0, 0.1) is 0 Å². The second-order valence-corrected chi connectivity index (χ2v) is 1.22. The smallest absolute Gasteiger partial charge is 0.177 e. The Bertz CT molecular complexity index is 171. The van der Waals surface area contributed by atoms with Gasteiger partial charge in [0.25, 0.3) is 0 Å². The van der Waals surface area contributed by atoms with Gasteiger partial charge in [0, 0.05) is 6.21 Å². The highest BCUT2D eigenvalue weighted by Gasteiger charge is 1.93. The standard InChI is InChI=1S/C5H5NO/c7-5-2-1-3-6-4-5/h1-3H,4H2/i2D. The number of aliphatic imine (C=N–C) groups is 1. The third kappa shape index (κ3) is 0.961. The molecule has 0 aromatic heterocycles. The summed E-state index contributed by atoms with van der Waals surface area (Å²) in [6, 6.07) is 0.0556. The zero-order valence-electron chi connectivity index (χ0n) is 4.72. The zero-order chi connectivity index (χ0) is 5.98. The van der Waals surface area contributed by atoms with Crippen LogP contribution in [-0.2, 0) is 4.79 Å². The molecule has 0 N–H and O–H groups in total. The van der Waals surface area contributed by atoms with Gasteiger partial charge < -0.3 is 0 Å². The van der Waals surface area contributed by atoms with Crippen LogP contribution in [0.4, 0.5) is 0 Å². The minimum absolute atomic E-state index is 0.0556. The molecule has 1 rings (SSSR count). The van der Waals surface area contributed by atoms with Gasteiger partial charge in [-0.1, -0.05) is 0 Å². The molecule has 2 heteroatoms. The first-order chi connectivity index (χ1) is 3.80. The summed E-state index contributed by atoms with van der Waals surface area (Å²) in [5, 5.41) is 0. The Morgan fingerprint density at radius 3 is 3.29 bits per heavy atom. The van der Waals surface area contributed by atoms with Crippen LogP contribution in [0.5, 0.6) is 0 Å². The van der Waals surface area contributed by atoms with Crippen molar-refractivity contribution in [3.63, 3.8) is 0 Å². The van der Waals surface area contributed by atoms with Crippen LogP contribution < -0.4 is 0 Å². The van der Waals surface area contributed by atoms with E-state index in [1.807, 2.05) is 0 Å². The van der Waals surface area contributed by atoms with Crippen LogP contribution in [0.15, 0.2) is 17.1 Å². The molecule has 0 radical (unpaired) electrons. The normalized spacial score (nSPS) is 21.4. The van der Waals surface area contributed by atoms with Gasteiger partial charge in [0.1, 0.15) is 6.54 Å². The summed E-state index contributed by atoms with van der Waals surface area (Å²) in [4.78, 5) is 14.1. The molecular weight excluding hydrogens is 90.1 g/mol. The average Bonchev–Trinajstić information content (AvgIpc) is 1.77. The van der Waals surface area contributed by atoms with Gasteiger partial charge in [0.15, 0.2) is 5.78 Å². The molecule has 1 aliphatic heterocycles. The van der Waals surface area contributed by atoms with Gasteiger partial charge in [-0.15, -0.1) is 0 Å². The third-order valence-electron chi connectivity index (χ3n) is 0.659. The summed E-state index contributed by atoms with van der Waals surface area (Å²) in [5.74, 6) is -0.201. The molecular formula is C5H5NO. The van der Waals surface area contributed by atoms with Crippen LogP contribution in [0.3, 0.4) is 0 Å². The molecule has 1 heterocycles. The summed E-state index contributed by atoms with van der Waals surface area (Å²) in [6.45, 7) is 0.148. The van der Waals surface area contributed by atoms with E-state index in [9.17, 15) is 4.79 Å². The number of dihydropyridines is 1. The molecule has 0 saturated carbocycles. The first kappa shape index (κ1) is 3.13. The molecule has 0 fully saturated rings. The van der Waals surface area contributed by atoms with Crippen molar-refractivity contribution in [2.75, 3.05) is 6.54 Å². The lowest BCUT2D eigenvalue weighted by molar-refractivity contribution is -0.113. The fourth-order valence-electron chi connectivity index (χ4n) is 0.364. The topological polar surface area (TPSA) is 29.4 Å². The van der Waals surface area contributed by atoms with Crippen molar-refractivity contribution in [3.8, 4) is 0 Å². The Balaban J connectivity index is 2.80. The Labute approximate surface area is 43.0 Å².